The van der Waals surface area contributed by atoms with Crippen LogP contribution in [0.2, 0.25) is 0 Å². The van der Waals surface area contributed by atoms with Gasteiger partial charge in [0.15, 0.2) is 11.5 Å². The lowest BCUT2D eigenvalue weighted by Gasteiger charge is -2.11. The van der Waals surface area contributed by atoms with Crippen molar-refractivity contribution in [1.29, 1.82) is 0 Å². The van der Waals surface area contributed by atoms with Crippen molar-refractivity contribution < 1.29 is 31.9 Å². The first-order chi connectivity index (χ1) is 16.1. The largest absolute Gasteiger partial charge is 0.494 e. The molecule has 0 saturated carbocycles. The number of hydrogen-bond donors (Lipinski definition) is 2. The summed E-state index contributed by atoms with van der Waals surface area (Å²) in [5.41, 5.74) is 4.93. The molecule has 0 fully saturated rings. The van der Waals surface area contributed by atoms with Gasteiger partial charge in [-0.25, -0.2) is 9.97 Å². The van der Waals surface area contributed by atoms with Crippen molar-refractivity contribution in [1.82, 2.24) is 15.3 Å². The Kier molecular flexibility index (Phi) is 7.44. The second-order valence-electron chi connectivity index (χ2n) is 7.46. The van der Waals surface area contributed by atoms with Crippen molar-refractivity contribution in [3.05, 3.63) is 41.4 Å². The maximum absolute atomic E-state index is 13.2. The maximum atomic E-state index is 13.2. The van der Waals surface area contributed by atoms with Gasteiger partial charge in [0.25, 0.3) is 5.91 Å². The average Bonchev–Trinajstić information content (AvgIpc) is 3.24. The number of carbonyl (C=O) groups is 1. The third-order valence-electron chi connectivity index (χ3n) is 4.73. The van der Waals surface area contributed by atoms with Gasteiger partial charge < -0.3 is 24.9 Å². The third-order valence-corrected chi connectivity index (χ3v) is 4.73. The molecule has 0 bridgehead atoms. The molecule has 1 amide bonds. The molecule has 0 aliphatic rings. The Morgan fingerprint density at radius 3 is 2.62 bits per heavy atom. The molecule has 3 N–H and O–H groups in total. The molecule has 3 rings (SSSR count). The van der Waals surface area contributed by atoms with E-state index in [2.05, 4.69) is 21.2 Å². The highest BCUT2D eigenvalue weighted by Gasteiger charge is 2.33. The van der Waals surface area contributed by atoms with E-state index in [1.807, 2.05) is 13.8 Å². The Morgan fingerprint density at radius 1 is 1.26 bits per heavy atom. The third kappa shape index (κ3) is 5.30. The van der Waals surface area contributed by atoms with Gasteiger partial charge in [-0.15, -0.1) is 6.42 Å². The SMILES string of the molecule is C#C[C@H](N)c1oc(-c2ccc(OC)c3nc(C(F)(F)F)ccc23)nc1C(=O)NCCOC(C)C. The quantitative estimate of drug-likeness (QED) is 0.377. The Labute approximate surface area is 193 Å². The molecule has 3 aromatic rings. The number of hydrogen-bond acceptors (Lipinski definition) is 7. The van der Waals surface area contributed by atoms with Crippen molar-refractivity contribution in [2.45, 2.75) is 32.2 Å². The van der Waals surface area contributed by atoms with Crippen LogP contribution in [0.25, 0.3) is 22.4 Å². The number of aromatic nitrogens is 2. The van der Waals surface area contributed by atoms with Crippen molar-refractivity contribution in [3.8, 4) is 29.5 Å². The molecule has 1 atom stereocenters. The molecule has 0 aliphatic heterocycles. The molecule has 34 heavy (non-hydrogen) atoms. The van der Waals surface area contributed by atoms with Gasteiger partial charge in [0, 0.05) is 17.5 Å². The number of terminal acetylenes is 1. The fourth-order valence-electron chi connectivity index (χ4n) is 3.14. The summed E-state index contributed by atoms with van der Waals surface area (Å²) in [7, 11) is 1.32. The number of oxazole rings is 1. The van der Waals surface area contributed by atoms with E-state index in [-0.39, 0.29) is 58.8 Å². The number of amides is 1. The number of alkyl halides is 3. The highest BCUT2D eigenvalue weighted by Crippen LogP contribution is 2.37. The Hall–Kier alpha value is -3.62. The van der Waals surface area contributed by atoms with Crippen molar-refractivity contribution in [2.75, 3.05) is 20.3 Å². The van der Waals surface area contributed by atoms with Gasteiger partial charge in [-0.05, 0) is 38.1 Å². The zero-order valence-electron chi connectivity index (χ0n) is 18.7. The molecule has 11 heteroatoms. The minimum Gasteiger partial charge on any atom is -0.494 e. The van der Waals surface area contributed by atoms with Crippen LogP contribution in [0, 0.1) is 12.3 Å². The van der Waals surface area contributed by atoms with Crippen molar-refractivity contribution >= 4 is 16.8 Å². The van der Waals surface area contributed by atoms with Crippen LogP contribution in [-0.2, 0) is 10.9 Å². The number of halogens is 3. The number of nitrogens with two attached hydrogens (primary N) is 1. The van der Waals surface area contributed by atoms with Gasteiger partial charge in [0.05, 0.1) is 19.8 Å². The van der Waals surface area contributed by atoms with E-state index in [1.165, 1.54) is 25.3 Å². The first-order valence-corrected chi connectivity index (χ1v) is 10.2. The van der Waals surface area contributed by atoms with Gasteiger partial charge in [-0.3, -0.25) is 4.79 Å². The Bertz CT molecular complexity index is 1230. The Balaban J connectivity index is 2.06. The molecule has 0 unspecified atom stereocenters. The smallest absolute Gasteiger partial charge is 0.433 e. The zero-order chi connectivity index (χ0) is 25.0. The van der Waals surface area contributed by atoms with Crippen molar-refractivity contribution in [2.24, 2.45) is 5.73 Å². The maximum Gasteiger partial charge on any atom is 0.433 e. The zero-order valence-corrected chi connectivity index (χ0v) is 18.7. The van der Waals surface area contributed by atoms with Crippen LogP contribution in [-0.4, -0.2) is 42.2 Å². The summed E-state index contributed by atoms with van der Waals surface area (Å²) in [5.74, 6) is 1.72. The van der Waals surface area contributed by atoms with E-state index < -0.39 is 23.8 Å². The number of ether oxygens (including phenoxy) is 2. The van der Waals surface area contributed by atoms with Crippen LogP contribution in [0.15, 0.2) is 28.7 Å². The molecule has 0 aliphatic carbocycles. The van der Waals surface area contributed by atoms with Gasteiger partial charge in [0.1, 0.15) is 23.0 Å². The lowest BCUT2D eigenvalue weighted by Crippen LogP contribution is -2.29. The summed E-state index contributed by atoms with van der Waals surface area (Å²) in [5, 5.41) is 2.92. The van der Waals surface area contributed by atoms with E-state index in [1.54, 1.807) is 0 Å². The fourth-order valence-corrected chi connectivity index (χ4v) is 3.14. The lowest BCUT2D eigenvalue weighted by molar-refractivity contribution is -0.140. The fraction of sp³-hybridized carbons (Fsp3) is 0.348. The summed E-state index contributed by atoms with van der Waals surface area (Å²) in [6.45, 7) is 4.21. The van der Waals surface area contributed by atoms with E-state index in [0.29, 0.717) is 0 Å². The van der Waals surface area contributed by atoms with E-state index in [0.717, 1.165) is 6.07 Å². The number of rotatable bonds is 8. The standard InChI is InChI=1S/C23H23F3N4O4/c1-5-15(27)20-19(21(31)28-10-11-33-12(2)3)30-22(34-20)14-6-8-16(32-4)18-13(14)7-9-17(29-18)23(24,25)26/h1,6-9,12,15H,10-11,27H2,2-4H3,(H,28,31)/t15-/m0/s1. The molecule has 0 radical (unpaired) electrons. The van der Waals surface area contributed by atoms with Crippen LogP contribution < -0.4 is 15.8 Å². The molecule has 0 saturated heterocycles. The number of methoxy groups -OCH3 is 1. The van der Waals surface area contributed by atoms with Crippen LogP contribution >= 0.6 is 0 Å². The van der Waals surface area contributed by atoms with Crippen molar-refractivity contribution in [3.63, 3.8) is 0 Å². The Morgan fingerprint density at radius 2 is 2.00 bits per heavy atom. The first-order valence-electron chi connectivity index (χ1n) is 10.2. The number of nitrogens with one attached hydrogen (secondary N) is 1. The van der Waals surface area contributed by atoms with Gasteiger partial charge >= 0.3 is 6.18 Å². The average molecular weight is 476 g/mol. The van der Waals surface area contributed by atoms with Crippen LogP contribution in [0.5, 0.6) is 5.75 Å². The van der Waals surface area contributed by atoms with E-state index in [4.69, 9.17) is 26.0 Å². The lowest BCUT2D eigenvalue weighted by atomic mass is 10.1. The summed E-state index contributed by atoms with van der Waals surface area (Å²) < 4.78 is 55.9. The van der Waals surface area contributed by atoms with E-state index in [9.17, 15) is 18.0 Å². The highest BCUT2D eigenvalue weighted by molar-refractivity contribution is 5.98. The second-order valence-corrected chi connectivity index (χ2v) is 7.46. The predicted octanol–water partition coefficient (Wildman–Crippen LogP) is 3.71. The molecule has 180 valence electrons. The molecule has 2 aromatic heterocycles. The molecule has 1 aromatic carbocycles. The summed E-state index contributed by atoms with van der Waals surface area (Å²) in [6, 6.07) is 3.96. The van der Waals surface area contributed by atoms with Crippen LogP contribution in [0.1, 0.15) is 41.8 Å². The molecule has 0 spiro atoms. The minimum absolute atomic E-state index is 0.00389. The number of carbonyl (C=O) groups excluding carboxylic acids is 1. The van der Waals surface area contributed by atoms with Gasteiger partial charge in [-0.1, -0.05) is 5.92 Å². The molecule has 2 heterocycles. The summed E-state index contributed by atoms with van der Waals surface area (Å²) in [4.78, 5) is 20.7. The van der Waals surface area contributed by atoms with Crippen LogP contribution in [0.3, 0.4) is 0 Å². The second kappa shape index (κ2) is 10.1. The molecule has 8 nitrogen and oxygen atoms in total. The summed E-state index contributed by atoms with van der Waals surface area (Å²) in [6.07, 6.45) is 0.767. The minimum atomic E-state index is -4.64. The topological polar surface area (TPSA) is 113 Å². The van der Waals surface area contributed by atoms with E-state index >= 15 is 0 Å². The molecular formula is C23H23F3N4O4. The number of nitrogens with zero attached hydrogens (tertiary/aromatic N) is 2. The normalized spacial score (nSPS) is 12.6. The monoisotopic (exact) mass is 476 g/mol. The van der Waals surface area contributed by atoms with Gasteiger partial charge in [0.2, 0.25) is 5.89 Å². The van der Waals surface area contributed by atoms with Crippen LogP contribution in [0.4, 0.5) is 13.2 Å². The predicted molar refractivity (Wildman–Crippen MR) is 118 cm³/mol. The molecular weight excluding hydrogens is 453 g/mol. The number of fused-ring (bicyclic) bond motifs is 1. The first kappa shape index (κ1) is 25.0. The summed E-state index contributed by atoms with van der Waals surface area (Å²) >= 11 is 0. The highest BCUT2D eigenvalue weighted by atomic mass is 19.4. The number of pyridine rings is 1. The number of benzene rings is 1. The van der Waals surface area contributed by atoms with Gasteiger partial charge in [-0.2, -0.15) is 13.2 Å².